The van der Waals surface area contributed by atoms with Crippen LogP contribution in [0.25, 0.3) is 0 Å². The van der Waals surface area contributed by atoms with Crippen molar-refractivity contribution >= 4 is 5.97 Å². The summed E-state index contributed by atoms with van der Waals surface area (Å²) in [5.41, 5.74) is 1.75. The van der Waals surface area contributed by atoms with Crippen LogP contribution in [0.1, 0.15) is 31.9 Å². The number of aryl methyl sites for hydroxylation is 2. The van der Waals surface area contributed by atoms with Crippen molar-refractivity contribution in [3.05, 3.63) is 59.7 Å². The standard InChI is InChI=1S/C24H33NO5/c1-24(2,3)30-23(27)16-25-15-20(26)17-29-22-11-6-5-9-19(22)13-12-18-8-7-10-21(14-18)28-4/h5-11,14,20,25-26H,12-13,15-17H2,1-4H3. The zero-order chi connectivity index (χ0) is 22.0. The minimum atomic E-state index is -0.737. The van der Waals surface area contributed by atoms with Crippen LogP contribution in [0.5, 0.6) is 11.5 Å². The van der Waals surface area contributed by atoms with Crippen molar-refractivity contribution in [3.63, 3.8) is 0 Å². The summed E-state index contributed by atoms with van der Waals surface area (Å²) in [6, 6.07) is 15.8. The molecule has 0 aliphatic carbocycles. The van der Waals surface area contributed by atoms with Gasteiger partial charge in [0.2, 0.25) is 0 Å². The van der Waals surface area contributed by atoms with Crippen LogP contribution in [-0.4, -0.2) is 49.6 Å². The number of esters is 1. The van der Waals surface area contributed by atoms with Crippen molar-refractivity contribution in [3.8, 4) is 11.5 Å². The Labute approximate surface area is 179 Å². The molecule has 1 unspecified atom stereocenters. The monoisotopic (exact) mass is 415 g/mol. The lowest BCUT2D eigenvalue weighted by Crippen LogP contribution is -2.37. The highest BCUT2D eigenvalue weighted by Gasteiger charge is 2.16. The highest BCUT2D eigenvalue weighted by molar-refractivity contribution is 5.72. The molecule has 6 nitrogen and oxygen atoms in total. The second-order valence-corrected chi connectivity index (χ2v) is 8.14. The number of carbonyl (C=O) groups excluding carboxylic acids is 1. The number of rotatable bonds is 11. The van der Waals surface area contributed by atoms with Crippen LogP contribution in [-0.2, 0) is 22.4 Å². The lowest BCUT2D eigenvalue weighted by Gasteiger charge is -2.20. The van der Waals surface area contributed by atoms with Gasteiger partial charge in [-0.2, -0.15) is 0 Å². The highest BCUT2D eigenvalue weighted by Crippen LogP contribution is 2.21. The van der Waals surface area contributed by atoms with Crippen LogP contribution in [0.2, 0.25) is 0 Å². The normalized spacial score (nSPS) is 12.3. The molecule has 0 radical (unpaired) electrons. The molecule has 0 amide bonds. The van der Waals surface area contributed by atoms with E-state index >= 15 is 0 Å². The summed E-state index contributed by atoms with van der Waals surface area (Å²) in [7, 11) is 1.66. The Morgan fingerprint density at radius 2 is 1.87 bits per heavy atom. The van der Waals surface area contributed by atoms with Crippen molar-refractivity contribution in [2.75, 3.05) is 26.8 Å². The molecule has 0 heterocycles. The second-order valence-electron chi connectivity index (χ2n) is 8.14. The SMILES string of the molecule is COc1cccc(CCc2ccccc2OCC(O)CNCC(=O)OC(C)(C)C)c1. The molecule has 2 aromatic rings. The van der Waals surface area contributed by atoms with Gasteiger partial charge in [-0.1, -0.05) is 30.3 Å². The van der Waals surface area contributed by atoms with Gasteiger partial charge in [-0.15, -0.1) is 0 Å². The summed E-state index contributed by atoms with van der Waals surface area (Å²) < 4.78 is 16.3. The Morgan fingerprint density at radius 3 is 2.60 bits per heavy atom. The average molecular weight is 416 g/mol. The number of methoxy groups -OCH3 is 1. The van der Waals surface area contributed by atoms with Crippen LogP contribution in [0, 0.1) is 0 Å². The number of benzene rings is 2. The van der Waals surface area contributed by atoms with Crippen molar-refractivity contribution in [1.82, 2.24) is 5.32 Å². The largest absolute Gasteiger partial charge is 0.497 e. The van der Waals surface area contributed by atoms with Crippen LogP contribution >= 0.6 is 0 Å². The maximum absolute atomic E-state index is 11.7. The lowest BCUT2D eigenvalue weighted by molar-refractivity contribution is -0.153. The van der Waals surface area contributed by atoms with Crippen LogP contribution in [0.3, 0.4) is 0 Å². The smallest absolute Gasteiger partial charge is 0.320 e. The van der Waals surface area contributed by atoms with Gasteiger partial charge in [0.25, 0.3) is 0 Å². The Kier molecular flexibility index (Phi) is 9.15. The van der Waals surface area contributed by atoms with Crippen LogP contribution < -0.4 is 14.8 Å². The van der Waals surface area contributed by atoms with Gasteiger partial charge < -0.3 is 24.6 Å². The Hall–Kier alpha value is -2.57. The topological polar surface area (TPSA) is 77.0 Å². The van der Waals surface area contributed by atoms with Gasteiger partial charge in [-0.3, -0.25) is 4.79 Å². The molecule has 2 rings (SSSR count). The molecule has 0 aliphatic heterocycles. The van der Waals surface area contributed by atoms with Crippen LogP contribution in [0.15, 0.2) is 48.5 Å². The van der Waals surface area contributed by atoms with Crippen molar-refractivity contribution in [2.45, 2.75) is 45.3 Å². The van der Waals surface area contributed by atoms with E-state index in [0.29, 0.717) is 0 Å². The summed E-state index contributed by atoms with van der Waals surface area (Å²) in [5, 5.41) is 13.1. The molecule has 0 bridgehead atoms. The molecule has 2 N–H and O–H groups in total. The fraction of sp³-hybridized carbons (Fsp3) is 0.458. The predicted molar refractivity (Wildman–Crippen MR) is 117 cm³/mol. The molecule has 0 aromatic heterocycles. The number of hydrogen-bond acceptors (Lipinski definition) is 6. The van der Waals surface area contributed by atoms with Gasteiger partial charge in [0.05, 0.1) is 13.7 Å². The molecule has 0 saturated heterocycles. The summed E-state index contributed by atoms with van der Waals surface area (Å²) >= 11 is 0. The fourth-order valence-electron chi connectivity index (χ4n) is 2.92. The zero-order valence-electron chi connectivity index (χ0n) is 18.3. The molecular formula is C24H33NO5. The van der Waals surface area contributed by atoms with E-state index in [1.807, 2.05) is 63.2 Å². The molecule has 0 aliphatic rings. The molecule has 0 saturated carbocycles. The number of carbonyl (C=O) groups is 1. The van der Waals surface area contributed by atoms with Gasteiger partial charge in [0.1, 0.15) is 29.8 Å². The predicted octanol–water partition coefficient (Wildman–Crippen LogP) is 3.15. The first kappa shape index (κ1) is 23.7. The van der Waals surface area contributed by atoms with Gasteiger partial charge in [0, 0.05) is 6.54 Å². The first-order valence-corrected chi connectivity index (χ1v) is 10.2. The van der Waals surface area contributed by atoms with E-state index in [2.05, 4.69) is 11.4 Å². The fourth-order valence-corrected chi connectivity index (χ4v) is 2.92. The molecule has 2 aromatic carbocycles. The van der Waals surface area contributed by atoms with Crippen molar-refractivity contribution in [2.24, 2.45) is 0 Å². The molecule has 164 valence electrons. The van der Waals surface area contributed by atoms with Crippen molar-refractivity contribution < 1.29 is 24.1 Å². The van der Waals surface area contributed by atoms with E-state index in [9.17, 15) is 9.90 Å². The van der Waals surface area contributed by atoms with Gasteiger partial charge in [0.15, 0.2) is 0 Å². The van der Waals surface area contributed by atoms with E-state index in [-0.39, 0.29) is 25.7 Å². The minimum Gasteiger partial charge on any atom is -0.497 e. The first-order valence-electron chi connectivity index (χ1n) is 10.2. The zero-order valence-corrected chi connectivity index (χ0v) is 18.3. The third-order valence-electron chi connectivity index (χ3n) is 4.29. The van der Waals surface area contributed by atoms with Crippen LogP contribution in [0.4, 0.5) is 0 Å². The quantitative estimate of drug-likeness (QED) is 0.549. The number of para-hydroxylation sites is 1. The number of hydrogen-bond donors (Lipinski definition) is 2. The third-order valence-corrected chi connectivity index (χ3v) is 4.29. The summed E-state index contributed by atoms with van der Waals surface area (Å²) in [4.78, 5) is 11.7. The van der Waals surface area contributed by atoms with E-state index in [1.165, 1.54) is 5.56 Å². The Balaban J connectivity index is 1.79. The first-order chi connectivity index (χ1) is 14.3. The van der Waals surface area contributed by atoms with Gasteiger partial charge in [-0.05, 0) is 62.9 Å². The molecule has 0 fully saturated rings. The summed E-state index contributed by atoms with van der Waals surface area (Å²) in [6.07, 6.45) is 0.937. The molecule has 6 heteroatoms. The van der Waals surface area contributed by atoms with Gasteiger partial charge >= 0.3 is 5.97 Å². The van der Waals surface area contributed by atoms with E-state index < -0.39 is 11.7 Å². The van der Waals surface area contributed by atoms with E-state index in [4.69, 9.17) is 14.2 Å². The second kappa shape index (κ2) is 11.6. The van der Waals surface area contributed by atoms with E-state index in [0.717, 1.165) is 29.9 Å². The Morgan fingerprint density at radius 1 is 1.10 bits per heavy atom. The number of aliphatic hydroxyl groups excluding tert-OH is 1. The minimum absolute atomic E-state index is 0.0471. The maximum Gasteiger partial charge on any atom is 0.320 e. The van der Waals surface area contributed by atoms with Crippen molar-refractivity contribution in [1.29, 1.82) is 0 Å². The molecule has 1 atom stereocenters. The number of nitrogens with one attached hydrogen (secondary N) is 1. The van der Waals surface area contributed by atoms with Gasteiger partial charge in [-0.25, -0.2) is 0 Å². The average Bonchev–Trinajstić information content (AvgIpc) is 2.70. The van der Waals surface area contributed by atoms with E-state index in [1.54, 1.807) is 7.11 Å². The lowest BCUT2D eigenvalue weighted by atomic mass is 10.0. The number of ether oxygens (including phenoxy) is 3. The number of aliphatic hydroxyl groups is 1. The molecular weight excluding hydrogens is 382 g/mol. The third kappa shape index (κ3) is 8.84. The summed E-state index contributed by atoms with van der Waals surface area (Å²) in [6.45, 7) is 5.88. The maximum atomic E-state index is 11.7. The molecule has 30 heavy (non-hydrogen) atoms. The summed E-state index contributed by atoms with van der Waals surface area (Å²) in [5.74, 6) is 1.25. The highest BCUT2D eigenvalue weighted by atomic mass is 16.6. The Bertz CT molecular complexity index is 800. The molecule has 0 spiro atoms.